The molecule has 1 heteroatoms. The van der Waals surface area contributed by atoms with Crippen molar-refractivity contribution in [3.05, 3.63) is 34.9 Å². The molecule has 1 nitrogen and oxygen atoms in total. The lowest BCUT2D eigenvalue weighted by Crippen LogP contribution is -2.01. The van der Waals surface area contributed by atoms with Crippen molar-refractivity contribution in [3.8, 4) is 0 Å². The number of aryl methyl sites for hydroxylation is 2. The second-order valence-electron chi connectivity index (χ2n) is 4.67. The van der Waals surface area contributed by atoms with E-state index in [0.29, 0.717) is 0 Å². The van der Waals surface area contributed by atoms with Crippen molar-refractivity contribution >= 4 is 0 Å². The third kappa shape index (κ3) is 2.40. The molecule has 0 fully saturated rings. The van der Waals surface area contributed by atoms with E-state index >= 15 is 0 Å². The highest BCUT2D eigenvalue weighted by Gasteiger charge is 2.10. The van der Waals surface area contributed by atoms with Gasteiger partial charge in [-0.2, -0.15) is 0 Å². The van der Waals surface area contributed by atoms with E-state index in [1.54, 1.807) is 0 Å². The van der Waals surface area contributed by atoms with Crippen molar-refractivity contribution in [1.29, 1.82) is 0 Å². The first-order valence-electron chi connectivity index (χ1n) is 6.04. The summed E-state index contributed by atoms with van der Waals surface area (Å²) in [6.45, 7) is 2.33. The lowest BCUT2D eigenvalue weighted by molar-refractivity contribution is 0.273. The highest BCUT2D eigenvalue weighted by atomic mass is 16.3. The molecule has 0 heterocycles. The summed E-state index contributed by atoms with van der Waals surface area (Å²) in [6, 6.07) is 6.76. The van der Waals surface area contributed by atoms with Crippen LogP contribution in [0.3, 0.4) is 0 Å². The Hall–Kier alpha value is -0.820. The van der Waals surface area contributed by atoms with Gasteiger partial charge >= 0.3 is 0 Å². The molecule has 0 bridgehead atoms. The number of rotatable bonds is 2. The van der Waals surface area contributed by atoms with Crippen molar-refractivity contribution in [2.75, 3.05) is 6.61 Å². The van der Waals surface area contributed by atoms with Crippen LogP contribution in [0.1, 0.15) is 48.8 Å². The average Bonchev–Trinajstić information content (AvgIpc) is 2.51. The molecule has 2 rings (SSSR count). The fourth-order valence-electron chi connectivity index (χ4n) is 2.34. The van der Waals surface area contributed by atoms with Gasteiger partial charge in [-0.25, -0.2) is 0 Å². The number of fused-ring (bicyclic) bond motifs is 1. The van der Waals surface area contributed by atoms with E-state index < -0.39 is 0 Å². The van der Waals surface area contributed by atoms with Gasteiger partial charge in [0.25, 0.3) is 0 Å². The Morgan fingerprint density at radius 3 is 2.60 bits per heavy atom. The van der Waals surface area contributed by atoms with Crippen molar-refractivity contribution in [2.24, 2.45) is 0 Å². The largest absolute Gasteiger partial charge is 0.396 e. The predicted octanol–water partition coefficient (Wildman–Crippen LogP) is 3.05. The summed E-state index contributed by atoms with van der Waals surface area (Å²) in [5.74, 6) is 0.276. The minimum atomic E-state index is 0.249. The van der Waals surface area contributed by atoms with E-state index in [1.807, 2.05) is 0 Å². The topological polar surface area (TPSA) is 20.2 Å². The molecule has 1 aliphatic carbocycles. The van der Waals surface area contributed by atoms with Crippen LogP contribution in [-0.4, -0.2) is 11.7 Å². The molecule has 0 saturated heterocycles. The Bertz CT molecular complexity index is 330. The molecule has 1 aliphatic rings. The van der Waals surface area contributed by atoms with Crippen LogP contribution in [0.15, 0.2) is 18.2 Å². The summed E-state index contributed by atoms with van der Waals surface area (Å²) in [5.41, 5.74) is 4.34. The Labute approximate surface area is 92.1 Å². The maximum atomic E-state index is 9.15. The third-order valence-electron chi connectivity index (χ3n) is 3.47. The number of aliphatic hydroxyl groups is 1. The van der Waals surface area contributed by atoms with E-state index in [1.165, 1.54) is 48.8 Å². The van der Waals surface area contributed by atoms with Crippen LogP contribution in [0.5, 0.6) is 0 Å². The van der Waals surface area contributed by atoms with Crippen molar-refractivity contribution in [2.45, 2.75) is 44.9 Å². The first-order chi connectivity index (χ1) is 7.31. The standard InChI is InChI=1S/C14H20O/c1-11(10-15)13-8-7-12-5-3-2-4-6-14(12)9-13/h7-9,11,15H,2-6,10H2,1H3. The van der Waals surface area contributed by atoms with E-state index in [4.69, 9.17) is 5.11 Å². The van der Waals surface area contributed by atoms with Crippen molar-refractivity contribution in [1.82, 2.24) is 0 Å². The zero-order chi connectivity index (χ0) is 10.7. The van der Waals surface area contributed by atoms with E-state index in [0.717, 1.165) is 0 Å². The minimum absolute atomic E-state index is 0.249. The normalized spacial score (nSPS) is 18.0. The van der Waals surface area contributed by atoms with Crippen LogP contribution in [0.4, 0.5) is 0 Å². The monoisotopic (exact) mass is 204 g/mol. The lowest BCUT2D eigenvalue weighted by atomic mass is 9.94. The molecule has 1 aromatic carbocycles. The summed E-state index contributed by atoms with van der Waals surface area (Å²) in [6.07, 6.45) is 6.48. The SMILES string of the molecule is CC(CO)c1ccc2c(c1)CCCCC2. The third-order valence-corrected chi connectivity index (χ3v) is 3.47. The average molecular weight is 204 g/mol. The maximum Gasteiger partial charge on any atom is 0.0497 e. The van der Waals surface area contributed by atoms with Crippen LogP contribution in [-0.2, 0) is 12.8 Å². The second kappa shape index (κ2) is 4.80. The van der Waals surface area contributed by atoms with Gasteiger partial charge in [-0.15, -0.1) is 0 Å². The molecule has 0 aromatic heterocycles. The molecule has 15 heavy (non-hydrogen) atoms. The van der Waals surface area contributed by atoms with E-state index in [2.05, 4.69) is 25.1 Å². The van der Waals surface area contributed by atoms with Crippen LogP contribution in [0.25, 0.3) is 0 Å². The molecule has 82 valence electrons. The van der Waals surface area contributed by atoms with Crippen molar-refractivity contribution < 1.29 is 5.11 Å². The second-order valence-corrected chi connectivity index (χ2v) is 4.67. The van der Waals surface area contributed by atoms with Crippen LogP contribution < -0.4 is 0 Å². The van der Waals surface area contributed by atoms with Gasteiger partial charge < -0.3 is 5.11 Å². The first kappa shape index (κ1) is 10.7. The van der Waals surface area contributed by atoms with Gasteiger partial charge in [0, 0.05) is 12.5 Å². The van der Waals surface area contributed by atoms with Gasteiger partial charge in [-0.1, -0.05) is 31.5 Å². The van der Waals surface area contributed by atoms with Crippen molar-refractivity contribution in [3.63, 3.8) is 0 Å². The fourth-order valence-corrected chi connectivity index (χ4v) is 2.34. The maximum absolute atomic E-state index is 9.15. The minimum Gasteiger partial charge on any atom is -0.396 e. The van der Waals surface area contributed by atoms with Gasteiger partial charge in [0.15, 0.2) is 0 Å². The molecule has 0 spiro atoms. The summed E-state index contributed by atoms with van der Waals surface area (Å²) in [4.78, 5) is 0. The number of aliphatic hydroxyl groups excluding tert-OH is 1. The van der Waals surface area contributed by atoms with E-state index in [-0.39, 0.29) is 12.5 Å². The van der Waals surface area contributed by atoms with Gasteiger partial charge in [0.05, 0.1) is 0 Å². The summed E-state index contributed by atoms with van der Waals surface area (Å²) in [7, 11) is 0. The van der Waals surface area contributed by atoms with Gasteiger partial charge in [-0.3, -0.25) is 0 Å². The summed E-state index contributed by atoms with van der Waals surface area (Å²) < 4.78 is 0. The van der Waals surface area contributed by atoms with Crippen LogP contribution >= 0.6 is 0 Å². The molecule has 0 aliphatic heterocycles. The Morgan fingerprint density at radius 1 is 1.13 bits per heavy atom. The molecule has 1 unspecified atom stereocenters. The number of hydrogen-bond donors (Lipinski definition) is 1. The van der Waals surface area contributed by atoms with Gasteiger partial charge in [0.2, 0.25) is 0 Å². The molecular weight excluding hydrogens is 184 g/mol. The summed E-state index contributed by atoms with van der Waals surface area (Å²) >= 11 is 0. The first-order valence-corrected chi connectivity index (χ1v) is 6.04. The van der Waals surface area contributed by atoms with Gasteiger partial charge in [-0.05, 0) is 42.4 Å². The Balaban J connectivity index is 2.27. The molecule has 0 saturated carbocycles. The molecule has 1 aromatic rings. The quantitative estimate of drug-likeness (QED) is 0.734. The number of benzene rings is 1. The lowest BCUT2D eigenvalue weighted by Gasteiger charge is -2.12. The highest BCUT2D eigenvalue weighted by Crippen LogP contribution is 2.24. The van der Waals surface area contributed by atoms with Crippen LogP contribution in [0.2, 0.25) is 0 Å². The molecule has 1 atom stereocenters. The highest BCUT2D eigenvalue weighted by molar-refractivity contribution is 5.34. The predicted molar refractivity (Wildman–Crippen MR) is 63.2 cm³/mol. The molecule has 1 N–H and O–H groups in total. The zero-order valence-corrected chi connectivity index (χ0v) is 9.50. The van der Waals surface area contributed by atoms with Crippen LogP contribution in [0, 0.1) is 0 Å². The van der Waals surface area contributed by atoms with Gasteiger partial charge in [0.1, 0.15) is 0 Å². The van der Waals surface area contributed by atoms with E-state index in [9.17, 15) is 0 Å². The smallest absolute Gasteiger partial charge is 0.0497 e. The number of hydrogen-bond acceptors (Lipinski definition) is 1. The molecule has 0 radical (unpaired) electrons. The zero-order valence-electron chi connectivity index (χ0n) is 9.50. The fraction of sp³-hybridized carbons (Fsp3) is 0.571. The Kier molecular flexibility index (Phi) is 3.42. The Morgan fingerprint density at radius 2 is 1.87 bits per heavy atom. The molecular formula is C14H20O. The summed E-state index contributed by atoms with van der Waals surface area (Å²) in [5, 5.41) is 9.15. The molecule has 0 amide bonds.